The average molecular weight is 747 g/mol. The van der Waals surface area contributed by atoms with Crippen molar-refractivity contribution in [1.29, 1.82) is 0 Å². The van der Waals surface area contributed by atoms with Crippen molar-refractivity contribution in [2.24, 2.45) is 0 Å². The van der Waals surface area contributed by atoms with Crippen LogP contribution in [0, 0.1) is 0 Å². The van der Waals surface area contributed by atoms with Crippen molar-refractivity contribution in [2.45, 2.75) is 0 Å². The van der Waals surface area contributed by atoms with Gasteiger partial charge in [0.15, 0.2) is 0 Å². The largest absolute Gasteiger partial charge is 0.455 e. The predicted molar refractivity (Wildman–Crippen MR) is 253 cm³/mol. The lowest BCUT2D eigenvalue weighted by atomic mass is 9.85. The van der Waals surface area contributed by atoms with Gasteiger partial charge in [0, 0.05) is 21.5 Å². The van der Waals surface area contributed by atoms with E-state index in [0.717, 1.165) is 27.3 Å². The van der Waals surface area contributed by atoms with Crippen LogP contribution in [0.15, 0.2) is 211 Å². The van der Waals surface area contributed by atoms with Gasteiger partial charge in [-0.3, -0.25) is 0 Å². The zero-order valence-electron chi connectivity index (χ0n) is 32.0. The molecular weight excluding hydrogens is 713 g/mol. The Balaban J connectivity index is 0.958. The van der Waals surface area contributed by atoms with E-state index >= 15 is 0 Å². The number of benzene rings is 12. The summed E-state index contributed by atoms with van der Waals surface area (Å²) in [6.07, 6.45) is 0. The highest BCUT2D eigenvalue weighted by Crippen LogP contribution is 2.46. The first-order valence-electron chi connectivity index (χ1n) is 20.4. The Morgan fingerprint density at radius 1 is 0.220 bits per heavy atom. The summed E-state index contributed by atoms with van der Waals surface area (Å²) in [5.74, 6) is 0. The molecule has 0 N–H and O–H groups in total. The van der Waals surface area contributed by atoms with Crippen molar-refractivity contribution in [2.75, 3.05) is 0 Å². The molecule has 13 rings (SSSR count). The van der Waals surface area contributed by atoms with Crippen molar-refractivity contribution in [3.63, 3.8) is 0 Å². The molecule has 0 aliphatic heterocycles. The molecule has 0 atom stereocenters. The fourth-order valence-corrected chi connectivity index (χ4v) is 10.0. The molecule has 1 nitrogen and oxygen atoms in total. The maximum Gasteiger partial charge on any atom is 0.143 e. The molecule has 0 bridgehead atoms. The fraction of sp³-hybridized carbons (Fsp3) is 0. The molecule has 0 saturated carbocycles. The summed E-state index contributed by atoms with van der Waals surface area (Å²) in [5, 5.41) is 19.5. The van der Waals surface area contributed by atoms with E-state index in [1.54, 1.807) is 0 Å². The first-order chi connectivity index (χ1) is 29.2. The third-order valence-electron chi connectivity index (χ3n) is 12.8. The average Bonchev–Trinajstić information content (AvgIpc) is 3.71. The van der Waals surface area contributed by atoms with E-state index in [1.807, 2.05) is 0 Å². The topological polar surface area (TPSA) is 13.1 Å². The second-order valence-electron chi connectivity index (χ2n) is 16.0. The summed E-state index contributed by atoms with van der Waals surface area (Å²) in [6.45, 7) is 0. The number of hydrogen-bond donors (Lipinski definition) is 0. The van der Waals surface area contributed by atoms with E-state index in [4.69, 9.17) is 4.42 Å². The minimum absolute atomic E-state index is 0.952. The van der Waals surface area contributed by atoms with Gasteiger partial charge in [0.2, 0.25) is 0 Å². The molecule has 0 amide bonds. The second kappa shape index (κ2) is 12.4. The molecule has 0 saturated heterocycles. The number of rotatable bonds is 3. The molecule has 0 radical (unpaired) electrons. The molecule has 12 aromatic carbocycles. The van der Waals surface area contributed by atoms with Gasteiger partial charge in [0.1, 0.15) is 11.2 Å². The van der Waals surface area contributed by atoms with E-state index < -0.39 is 0 Å². The van der Waals surface area contributed by atoms with E-state index in [9.17, 15) is 0 Å². The summed E-state index contributed by atoms with van der Waals surface area (Å²) in [6, 6.07) is 75.8. The molecule has 0 unspecified atom stereocenters. The van der Waals surface area contributed by atoms with Gasteiger partial charge in [0.25, 0.3) is 0 Å². The van der Waals surface area contributed by atoms with Gasteiger partial charge < -0.3 is 4.42 Å². The maximum atomic E-state index is 6.84. The van der Waals surface area contributed by atoms with E-state index in [-0.39, 0.29) is 0 Å². The van der Waals surface area contributed by atoms with Crippen LogP contribution < -0.4 is 0 Å². The van der Waals surface area contributed by atoms with Crippen LogP contribution in [0.3, 0.4) is 0 Å². The van der Waals surface area contributed by atoms with Crippen molar-refractivity contribution in [3.8, 4) is 33.4 Å². The van der Waals surface area contributed by atoms with Gasteiger partial charge >= 0.3 is 0 Å². The summed E-state index contributed by atoms with van der Waals surface area (Å²) in [4.78, 5) is 0. The van der Waals surface area contributed by atoms with Gasteiger partial charge in [-0.2, -0.15) is 0 Å². The number of hydrogen-bond acceptors (Lipinski definition) is 1. The summed E-state index contributed by atoms with van der Waals surface area (Å²) in [5.41, 5.74) is 9.32. The predicted octanol–water partition coefficient (Wildman–Crippen LogP) is 16.7. The maximum absolute atomic E-state index is 6.84. The molecule has 0 spiro atoms. The second-order valence-corrected chi connectivity index (χ2v) is 16.0. The smallest absolute Gasteiger partial charge is 0.143 e. The normalized spacial score (nSPS) is 12.1. The summed E-state index contributed by atoms with van der Waals surface area (Å²) >= 11 is 0. The van der Waals surface area contributed by atoms with Gasteiger partial charge in [-0.15, -0.1) is 0 Å². The van der Waals surface area contributed by atoms with Crippen LogP contribution in [0.2, 0.25) is 0 Å². The van der Waals surface area contributed by atoms with Crippen LogP contribution in [-0.4, -0.2) is 0 Å². The minimum Gasteiger partial charge on any atom is -0.455 e. The Labute approximate surface area is 340 Å². The first kappa shape index (κ1) is 32.4. The molecule has 59 heavy (non-hydrogen) atoms. The van der Waals surface area contributed by atoms with Gasteiger partial charge in [-0.05, 0) is 134 Å². The lowest BCUT2D eigenvalue weighted by Crippen LogP contribution is -1.91. The SMILES string of the molecule is c1ccc2cc(-c3c4ccccc4c(-c4ccc5cc(-c6ccc7c(c6)c6ccccc6c6c8ccc9ccccc9c8oc76)ccc5c4)c4ccccc34)ccc2c1. The highest BCUT2D eigenvalue weighted by atomic mass is 16.3. The Morgan fingerprint density at radius 2 is 0.644 bits per heavy atom. The number of fused-ring (bicyclic) bond motifs is 14. The Morgan fingerprint density at radius 3 is 1.31 bits per heavy atom. The summed E-state index contributed by atoms with van der Waals surface area (Å²) in [7, 11) is 0. The summed E-state index contributed by atoms with van der Waals surface area (Å²) < 4.78 is 6.84. The van der Waals surface area contributed by atoms with Crippen molar-refractivity contribution in [3.05, 3.63) is 206 Å². The van der Waals surface area contributed by atoms with Crippen molar-refractivity contribution < 1.29 is 4.42 Å². The quantitative estimate of drug-likeness (QED) is 0.130. The van der Waals surface area contributed by atoms with Gasteiger partial charge in [-0.1, -0.05) is 170 Å². The first-order valence-corrected chi connectivity index (χ1v) is 20.4. The van der Waals surface area contributed by atoms with Crippen LogP contribution >= 0.6 is 0 Å². The van der Waals surface area contributed by atoms with Crippen LogP contribution in [0.5, 0.6) is 0 Å². The molecule has 1 aromatic heterocycles. The standard InChI is InChI=1S/C58H34O/c1-2-13-37-32-42(25-21-35(37)11-1)54-47-17-7-9-19-49(47)55(50-20-10-8-18-48(50)54)43-26-24-38-31-39(22-23-40(38)33-43)41-28-29-51-53(34-41)45-15-5-6-16-46(45)56-52-30-27-36-12-3-4-14-44(36)57(52)59-58(51)56/h1-34H. The van der Waals surface area contributed by atoms with Gasteiger partial charge in [0.05, 0.1) is 0 Å². The lowest BCUT2D eigenvalue weighted by Gasteiger charge is -2.18. The highest BCUT2D eigenvalue weighted by molar-refractivity contribution is 6.32. The Bertz CT molecular complexity index is 3850. The molecule has 0 aliphatic rings. The zero-order chi connectivity index (χ0) is 38.6. The Hall–Kier alpha value is -7.74. The Kier molecular flexibility index (Phi) is 6.79. The van der Waals surface area contributed by atoms with Crippen LogP contribution in [-0.2, 0) is 0 Å². The molecule has 1 heterocycles. The van der Waals surface area contributed by atoms with E-state index in [2.05, 4.69) is 206 Å². The van der Waals surface area contributed by atoms with Crippen molar-refractivity contribution >= 4 is 97.3 Å². The third kappa shape index (κ3) is 4.79. The van der Waals surface area contributed by atoms with E-state index in [1.165, 1.54) is 103 Å². The molecule has 0 aliphatic carbocycles. The molecule has 272 valence electrons. The third-order valence-corrected chi connectivity index (χ3v) is 12.8. The van der Waals surface area contributed by atoms with Crippen LogP contribution in [0.1, 0.15) is 0 Å². The lowest BCUT2D eigenvalue weighted by molar-refractivity contribution is 0.676. The zero-order valence-corrected chi connectivity index (χ0v) is 32.0. The highest BCUT2D eigenvalue weighted by Gasteiger charge is 2.19. The fourth-order valence-electron chi connectivity index (χ4n) is 10.0. The van der Waals surface area contributed by atoms with Crippen molar-refractivity contribution in [1.82, 2.24) is 0 Å². The number of furan rings is 1. The monoisotopic (exact) mass is 746 g/mol. The van der Waals surface area contributed by atoms with Crippen LogP contribution in [0.4, 0.5) is 0 Å². The molecule has 0 fully saturated rings. The molecule has 13 aromatic rings. The van der Waals surface area contributed by atoms with Crippen LogP contribution in [0.25, 0.3) is 131 Å². The van der Waals surface area contributed by atoms with Gasteiger partial charge in [-0.25, -0.2) is 0 Å². The molecule has 1 heteroatoms. The van der Waals surface area contributed by atoms with E-state index in [0.29, 0.717) is 0 Å². The minimum atomic E-state index is 0.952. The molecular formula is C58H34O.